The molecule has 0 aliphatic rings. The van der Waals surface area contributed by atoms with E-state index < -0.39 is 0 Å². The van der Waals surface area contributed by atoms with Gasteiger partial charge in [0.1, 0.15) is 0 Å². The molecule has 0 bridgehead atoms. The Bertz CT molecular complexity index is 527. The van der Waals surface area contributed by atoms with E-state index >= 15 is 0 Å². The molecule has 2 heterocycles. The van der Waals surface area contributed by atoms with E-state index in [9.17, 15) is 4.79 Å². The number of aromatic nitrogens is 2. The first kappa shape index (κ1) is 11.9. The molecule has 0 N–H and O–H groups in total. The Kier molecular flexibility index (Phi) is 3.07. The minimum absolute atomic E-state index is 0.0435. The number of rotatable bonds is 2. The van der Waals surface area contributed by atoms with Crippen molar-refractivity contribution in [1.82, 2.24) is 9.97 Å². The summed E-state index contributed by atoms with van der Waals surface area (Å²) >= 11 is 1.36. The van der Waals surface area contributed by atoms with E-state index in [4.69, 9.17) is 0 Å². The van der Waals surface area contributed by atoms with Gasteiger partial charge in [-0.25, -0.2) is 4.98 Å². The molecule has 0 aromatic carbocycles. The fourth-order valence-corrected chi connectivity index (χ4v) is 2.23. The average Bonchev–Trinajstić information content (AvgIpc) is 2.80. The first-order chi connectivity index (χ1) is 8.00. The van der Waals surface area contributed by atoms with Crippen LogP contribution < -0.4 is 0 Å². The second kappa shape index (κ2) is 4.37. The van der Waals surface area contributed by atoms with Crippen LogP contribution in [0.25, 0.3) is 0 Å². The van der Waals surface area contributed by atoms with Crippen LogP contribution in [0.5, 0.6) is 0 Å². The van der Waals surface area contributed by atoms with Crippen LogP contribution in [0.15, 0.2) is 29.9 Å². The molecule has 88 valence electrons. The molecule has 0 fully saturated rings. The summed E-state index contributed by atoms with van der Waals surface area (Å²) < 4.78 is 0. The quantitative estimate of drug-likeness (QED) is 0.765. The number of thiazole rings is 1. The minimum Gasteiger partial charge on any atom is -0.286 e. The summed E-state index contributed by atoms with van der Waals surface area (Å²) in [6, 6.07) is 3.60. The average molecular weight is 246 g/mol. The third-order valence-electron chi connectivity index (χ3n) is 2.39. The number of pyridine rings is 1. The van der Waals surface area contributed by atoms with Crippen LogP contribution >= 0.6 is 11.3 Å². The summed E-state index contributed by atoms with van der Waals surface area (Å²) in [7, 11) is 0. The monoisotopic (exact) mass is 246 g/mol. The largest absolute Gasteiger partial charge is 0.286 e. The van der Waals surface area contributed by atoms with E-state index in [0.29, 0.717) is 10.6 Å². The van der Waals surface area contributed by atoms with Gasteiger partial charge in [0.25, 0.3) is 0 Å². The molecular formula is C13H14N2OS. The zero-order valence-corrected chi connectivity index (χ0v) is 10.9. The van der Waals surface area contributed by atoms with Crippen LogP contribution in [0.1, 0.15) is 41.8 Å². The van der Waals surface area contributed by atoms with Crippen molar-refractivity contribution in [3.8, 4) is 0 Å². The van der Waals surface area contributed by atoms with Gasteiger partial charge in [0, 0.05) is 28.8 Å². The number of hydrogen-bond acceptors (Lipinski definition) is 4. The van der Waals surface area contributed by atoms with Crippen LogP contribution in [0.4, 0.5) is 0 Å². The van der Waals surface area contributed by atoms with Gasteiger partial charge < -0.3 is 0 Å². The lowest BCUT2D eigenvalue weighted by atomic mass is 9.87. The summed E-state index contributed by atoms with van der Waals surface area (Å²) in [6.45, 7) is 6.15. The molecule has 0 unspecified atom stereocenters. The molecule has 2 aromatic rings. The van der Waals surface area contributed by atoms with Crippen molar-refractivity contribution >= 4 is 17.1 Å². The lowest BCUT2D eigenvalue weighted by Gasteiger charge is -2.20. The number of hydrogen-bond donors (Lipinski definition) is 0. The molecular weight excluding hydrogens is 232 g/mol. The van der Waals surface area contributed by atoms with Crippen molar-refractivity contribution in [3.05, 3.63) is 46.2 Å². The summed E-state index contributed by atoms with van der Waals surface area (Å²) in [6.07, 6.45) is 3.37. The summed E-state index contributed by atoms with van der Waals surface area (Å²) in [5.41, 5.74) is 1.32. The maximum atomic E-state index is 12.3. The van der Waals surface area contributed by atoms with Gasteiger partial charge >= 0.3 is 0 Å². The Morgan fingerprint density at radius 3 is 2.59 bits per heavy atom. The van der Waals surface area contributed by atoms with Gasteiger partial charge in [-0.15, -0.1) is 11.3 Å². The number of nitrogens with zero attached hydrogens (tertiary/aromatic N) is 2. The smallest absolute Gasteiger partial charge is 0.223 e. The SMILES string of the molecule is CC(C)(C)c1ncccc1C(=O)c1nccs1. The van der Waals surface area contributed by atoms with E-state index in [0.717, 1.165) is 5.69 Å². The third kappa shape index (κ3) is 2.42. The highest BCUT2D eigenvalue weighted by molar-refractivity contribution is 7.11. The van der Waals surface area contributed by atoms with Crippen molar-refractivity contribution in [1.29, 1.82) is 0 Å². The van der Waals surface area contributed by atoms with Crippen LogP contribution in [-0.2, 0) is 5.41 Å². The predicted octanol–water partition coefficient (Wildman–Crippen LogP) is 3.07. The van der Waals surface area contributed by atoms with Crippen molar-refractivity contribution in [3.63, 3.8) is 0 Å². The molecule has 0 amide bonds. The maximum Gasteiger partial charge on any atom is 0.223 e. The Hall–Kier alpha value is -1.55. The van der Waals surface area contributed by atoms with Crippen molar-refractivity contribution < 1.29 is 4.79 Å². The second-order valence-electron chi connectivity index (χ2n) is 4.82. The molecule has 3 nitrogen and oxygen atoms in total. The molecule has 0 atom stereocenters. The first-order valence-corrected chi connectivity index (χ1v) is 6.28. The van der Waals surface area contributed by atoms with Gasteiger partial charge in [0.05, 0.1) is 5.69 Å². The van der Waals surface area contributed by atoms with E-state index in [1.165, 1.54) is 11.3 Å². The van der Waals surface area contributed by atoms with Crippen LogP contribution in [0.3, 0.4) is 0 Å². The standard InChI is InChI=1S/C13H14N2OS/c1-13(2,3)11-9(5-4-6-14-11)10(16)12-15-7-8-17-12/h4-8H,1-3H3. The van der Waals surface area contributed by atoms with Crippen LogP contribution in [-0.4, -0.2) is 15.8 Å². The van der Waals surface area contributed by atoms with Crippen molar-refractivity contribution in [2.45, 2.75) is 26.2 Å². The van der Waals surface area contributed by atoms with Gasteiger partial charge in [0.2, 0.25) is 5.78 Å². The predicted molar refractivity (Wildman–Crippen MR) is 68.5 cm³/mol. The van der Waals surface area contributed by atoms with Crippen molar-refractivity contribution in [2.75, 3.05) is 0 Å². The normalized spacial score (nSPS) is 11.5. The molecule has 0 spiro atoms. The lowest BCUT2D eigenvalue weighted by Crippen LogP contribution is -2.19. The molecule has 2 rings (SSSR count). The number of carbonyl (C=O) groups is 1. The highest BCUT2D eigenvalue weighted by Crippen LogP contribution is 2.25. The van der Waals surface area contributed by atoms with E-state index in [1.807, 2.05) is 26.8 Å². The molecule has 0 radical (unpaired) electrons. The summed E-state index contributed by atoms with van der Waals surface area (Å²) in [4.78, 5) is 20.7. The summed E-state index contributed by atoms with van der Waals surface area (Å²) in [5, 5.41) is 2.32. The fourth-order valence-electron chi connectivity index (χ4n) is 1.64. The third-order valence-corrected chi connectivity index (χ3v) is 3.16. The topological polar surface area (TPSA) is 42.9 Å². The highest BCUT2D eigenvalue weighted by atomic mass is 32.1. The fraction of sp³-hybridized carbons (Fsp3) is 0.308. The maximum absolute atomic E-state index is 12.3. The molecule has 17 heavy (non-hydrogen) atoms. The van der Waals surface area contributed by atoms with Crippen LogP contribution in [0, 0.1) is 0 Å². The van der Waals surface area contributed by atoms with E-state index in [-0.39, 0.29) is 11.2 Å². The number of carbonyl (C=O) groups excluding carboxylic acids is 1. The zero-order chi connectivity index (χ0) is 12.5. The van der Waals surface area contributed by atoms with Gasteiger partial charge in [-0.2, -0.15) is 0 Å². The molecule has 0 aliphatic heterocycles. The Balaban J connectivity index is 2.50. The molecule has 0 aliphatic carbocycles. The van der Waals surface area contributed by atoms with E-state index in [1.54, 1.807) is 23.8 Å². The number of ketones is 1. The zero-order valence-electron chi connectivity index (χ0n) is 10.1. The molecule has 2 aromatic heterocycles. The lowest BCUT2D eigenvalue weighted by molar-refractivity contribution is 0.103. The van der Waals surface area contributed by atoms with Crippen molar-refractivity contribution in [2.24, 2.45) is 0 Å². The Morgan fingerprint density at radius 1 is 1.24 bits per heavy atom. The van der Waals surface area contributed by atoms with Crippen LogP contribution in [0.2, 0.25) is 0 Å². The highest BCUT2D eigenvalue weighted by Gasteiger charge is 2.24. The van der Waals surface area contributed by atoms with Gasteiger partial charge in [-0.1, -0.05) is 20.8 Å². The minimum atomic E-state index is -0.149. The molecule has 4 heteroatoms. The Morgan fingerprint density at radius 2 is 2.00 bits per heavy atom. The molecule has 0 saturated carbocycles. The molecule has 0 saturated heterocycles. The first-order valence-electron chi connectivity index (χ1n) is 5.40. The van der Waals surface area contributed by atoms with E-state index in [2.05, 4.69) is 9.97 Å². The van der Waals surface area contributed by atoms with Gasteiger partial charge in [-0.05, 0) is 12.1 Å². The van der Waals surface area contributed by atoms with Gasteiger partial charge in [0.15, 0.2) is 5.01 Å². The van der Waals surface area contributed by atoms with Gasteiger partial charge in [-0.3, -0.25) is 9.78 Å². The second-order valence-corrected chi connectivity index (χ2v) is 5.71. The summed E-state index contributed by atoms with van der Waals surface area (Å²) in [5.74, 6) is -0.0435. The Labute approximate surface area is 105 Å².